The molecular formula is C32H59NO7. The first kappa shape index (κ1) is 37.9. The van der Waals surface area contributed by atoms with Crippen LogP contribution in [0.2, 0.25) is 0 Å². The molecule has 0 aliphatic heterocycles. The molecule has 0 radical (unpaired) electrons. The molecule has 1 N–H and O–H groups in total. The molecule has 0 saturated carbocycles. The molecule has 0 bridgehead atoms. The summed E-state index contributed by atoms with van der Waals surface area (Å²) >= 11 is 0. The zero-order chi connectivity index (χ0) is 30.4. The summed E-state index contributed by atoms with van der Waals surface area (Å²) in [7, 11) is 1.30. The maximum Gasteiger partial charge on any atom is 0.329 e. The van der Waals surface area contributed by atoms with Crippen molar-refractivity contribution in [3.8, 4) is 0 Å². The highest BCUT2D eigenvalue weighted by Gasteiger charge is 2.27. The quantitative estimate of drug-likeness (QED) is 0.0825. The number of hydrogen-bond acceptors (Lipinski definition) is 7. The second-order valence-corrected chi connectivity index (χ2v) is 12.8. The molecule has 0 aromatic carbocycles. The number of esters is 3. The van der Waals surface area contributed by atoms with E-state index in [0.717, 1.165) is 32.1 Å². The van der Waals surface area contributed by atoms with Gasteiger partial charge < -0.3 is 19.5 Å². The number of hydrogen-bond donors (Lipinski definition) is 1. The standard InChI is InChI=1S/C32H59NO7/c1-31(2,3)39-29(36)23-21-19-17-15-13-11-9-8-10-12-14-16-18-20-22-27(34)33-26(24-25-28(35)38-7)30(37)40-32(4,5)6/h26H,8-25H2,1-7H3,(H,33,34)/t26-/m1/s1. The molecule has 8 nitrogen and oxygen atoms in total. The molecule has 40 heavy (non-hydrogen) atoms. The van der Waals surface area contributed by atoms with Crippen LogP contribution < -0.4 is 5.32 Å². The van der Waals surface area contributed by atoms with Gasteiger partial charge in [0, 0.05) is 19.3 Å². The highest BCUT2D eigenvalue weighted by molar-refractivity contribution is 5.85. The van der Waals surface area contributed by atoms with Crippen molar-refractivity contribution in [1.82, 2.24) is 5.32 Å². The number of ether oxygens (including phenoxy) is 3. The Balaban J connectivity index is 3.76. The van der Waals surface area contributed by atoms with Crippen molar-refractivity contribution in [2.24, 2.45) is 0 Å². The van der Waals surface area contributed by atoms with Gasteiger partial charge in [-0.3, -0.25) is 14.4 Å². The van der Waals surface area contributed by atoms with E-state index in [-0.39, 0.29) is 30.3 Å². The molecule has 0 spiro atoms. The summed E-state index contributed by atoms with van der Waals surface area (Å²) in [5, 5.41) is 2.74. The van der Waals surface area contributed by atoms with Crippen molar-refractivity contribution in [3.63, 3.8) is 0 Å². The highest BCUT2D eigenvalue weighted by Crippen LogP contribution is 2.16. The summed E-state index contributed by atoms with van der Waals surface area (Å²) in [5.74, 6) is -1.23. The van der Waals surface area contributed by atoms with E-state index in [4.69, 9.17) is 9.47 Å². The van der Waals surface area contributed by atoms with Crippen LogP contribution in [0, 0.1) is 0 Å². The third kappa shape index (κ3) is 24.9. The predicted molar refractivity (Wildman–Crippen MR) is 159 cm³/mol. The normalized spacial score (nSPS) is 12.5. The van der Waals surface area contributed by atoms with E-state index >= 15 is 0 Å². The Bertz CT molecular complexity index is 722. The lowest BCUT2D eigenvalue weighted by molar-refractivity contribution is -0.159. The SMILES string of the molecule is COC(=O)CC[C@@H](NC(=O)CCCCCCCCCCCCCCCCC(=O)OC(C)(C)C)C(=O)OC(C)(C)C. The fourth-order valence-electron chi connectivity index (χ4n) is 4.32. The minimum absolute atomic E-state index is 0.0398. The molecule has 0 heterocycles. The zero-order valence-corrected chi connectivity index (χ0v) is 26.7. The van der Waals surface area contributed by atoms with Gasteiger partial charge in [0.15, 0.2) is 0 Å². The molecule has 0 unspecified atom stereocenters. The topological polar surface area (TPSA) is 108 Å². The van der Waals surface area contributed by atoms with Gasteiger partial charge in [0.1, 0.15) is 17.2 Å². The van der Waals surface area contributed by atoms with Gasteiger partial charge in [-0.1, -0.05) is 77.0 Å². The number of nitrogens with one attached hydrogen (secondary N) is 1. The van der Waals surface area contributed by atoms with Crippen molar-refractivity contribution in [1.29, 1.82) is 0 Å². The largest absolute Gasteiger partial charge is 0.469 e. The fraction of sp³-hybridized carbons (Fsp3) is 0.875. The molecular weight excluding hydrogens is 510 g/mol. The fourth-order valence-corrected chi connectivity index (χ4v) is 4.32. The van der Waals surface area contributed by atoms with Gasteiger partial charge in [-0.15, -0.1) is 0 Å². The Labute approximate surface area is 244 Å². The number of rotatable bonds is 22. The van der Waals surface area contributed by atoms with Crippen LogP contribution in [-0.2, 0) is 33.4 Å². The Kier molecular flexibility index (Phi) is 20.5. The maximum atomic E-state index is 12.5. The molecule has 8 heteroatoms. The van der Waals surface area contributed by atoms with Crippen LogP contribution in [0.5, 0.6) is 0 Å². The smallest absolute Gasteiger partial charge is 0.329 e. The molecule has 0 rings (SSSR count). The van der Waals surface area contributed by atoms with Crippen LogP contribution in [0.4, 0.5) is 0 Å². The zero-order valence-electron chi connectivity index (χ0n) is 26.7. The summed E-state index contributed by atoms with van der Waals surface area (Å²) in [6.07, 6.45) is 17.2. The lowest BCUT2D eigenvalue weighted by atomic mass is 10.0. The lowest BCUT2D eigenvalue weighted by Crippen LogP contribution is -2.44. The van der Waals surface area contributed by atoms with E-state index < -0.39 is 23.6 Å². The molecule has 0 aromatic heterocycles. The van der Waals surface area contributed by atoms with Crippen molar-refractivity contribution < 1.29 is 33.4 Å². The summed E-state index contributed by atoms with van der Waals surface area (Å²) in [5.41, 5.74) is -1.06. The average molecular weight is 570 g/mol. The number of methoxy groups -OCH3 is 1. The first-order valence-electron chi connectivity index (χ1n) is 15.5. The molecule has 0 fully saturated rings. The third-order valence-corrected chi connectivity index (χ3v) is 6.35. The van der Waals surface area contributed by atoms with Gasteiger partial charge in [-0.25, -0.2) is 4.79 Å². The molecule has 0 saturated heterocycles. The minimum Gasteiger partial charge on any atom is -0.469 e. The van der Waals surface area contributed by atoms with Gasteiger partial charge >= 0.3 is 17.9 Å². The summed E-state index contributed by atoms with van der Waals surface area (Å²) in [6, 6.07) is -0.852. The monoisotopic (exact) mass is 569 g/mol. The first-order valence-corrected chi connectivity index (χ1v) is 15.5. The van der Waals surface area contributed by atoms with Crippen LogP contribution in [0.15, 0.2) is 0 Å². The van der Waals surface area contributed by atoms with E-state index in [2.05, 4.69) is 10.1 Å². The Morgan fingerprint density at radius 1 is 0.550 bits per heavy atom. The van der Waals surface area contributed by atoms with Crippen molar-refractivity contribution in [3.05, 3.63) is 0 Å². The number of unbranched alkanes of at least 4 members (excludes halogenated alkanes) is 13. The van der Waals surface area contributed by atoms with Gasteiger partial charge in [-0.05, 0) is 60.8 Å². The maximum absolute atomic E-state index is 12.5. The number of carbonyl (C=O) groups is 4. The third-order valence-electron chi connectivity index (χ3n) is 6.35. The van der Waals surface area contributed by atoms with Crippen molar-refractivity contribution >= 4 is 23.8 Å². The van der Waals surface area contributed by atoms with E-state index in [1.54, 1.807) is 20.8 Å². The average Bonchev–Trinajstić information content (AvgIpc) is 2.83. The van der Waals surface area contributed by atoms with E-state index in [9.17, 15) is 19.2 Å². The molecule has 0 aromatic rings. The molecule has 0 aliphatic rings. The van der Waals surface area contributed by atoms with Crippen LogP contribution in [0.25, 0.3) is 0 Å². The number of carbonyl (C=O) groups excluding carboxylic acids is 4. The first-order chi connectivity index (χ1) is 18.7. The number of amides is 1. The second-order valence-electron chi connectivity index (χ2n) is 12.8. The van der Waals surface area contributed by atoms with Crippen LogP contribution in [0.1, 0.15) is 157 Å². The van der Waals surface area contributed by atoms with Gasteiger partial charge in [-0.2, -0.15) is 0 Å². The van der Waals surface area contributed by atoms with Crippen molar-refractivity contribution in [2.45, 2.75) is 174 Å². The molecule has 0 aliphatic carbocycles. The van der Waals surface area contributed by atoms with Crippen LogP contribution >= 0.6 is 0 Å². The highest BCUT2D eigenvalue weighted by atomic mass is 16.6. The van der Waals surface area contributed by atoms with Gasteiger partial charge in [0.25, 0.3) is 0 Å². The summed E-state index contributed by atoms with van der Waals surface area (Å²) < 4.78 is 15.4. The lowest BCUT2D eigenvalue weighted by Gasteiger charge is -2.24. The Hall–Kier alpha value is -2.12. The predicted octanol–water partition coefficient (Wildman–Crippen LogP) is 7.35. The minimum atomic E-state index is -0.852. The Morgan fingerprint density at radius 3 is 1.35 bits per heavy atom. The van der Waals surface area contributed by atoms with E-state index in [1.807, 2.05) is 20.8 Å². The second kappa shape index (κ2) is 21.6. The van der Waals surface area contributed by atoms with Crippen molar-refractivity contribution in [2.75, 3.05) is 7.11 Å². The Morgan fingerprint density at radius 2 is 0.950 bits per heavy atom. The van der Waals surface area contributed by atoms with Crippen LogP contribution in [0.3, 0.4) is 0 Å². The van der Waals surface area contributed by atoms with E-state index in [1.165, 1.54) is 64.9 Å². The summed E-state index contributed by atoms with van der Waals surface area (Å²) in [6.45, 7) is 11.0. The molecule has 1 atom stereocenters. The van der Waals surface area contributed by atoms with Crippen LogP contribution in [-0.4, -0.2) is 48.2 Å². The summed E-state index contributed by atoms with van der Waals surface area (Å²) in [4.78, 5) is 48.0. The molecule has 1 amide bonds. The molecule has 234 valence electrons. The van der Waals surface area contributed by atoms with Gasteiger partial charge in [0.2, 0.25) is 5.91 Å². The van der Waals surface area contributed by atoms with Gasteiger partial charge in [0.05, 0.1) is 7.11 Å². The van der Waals surface area contributed by atoms with E-state index in [0.29, 0.717) is 12.8 Å².